The number of ether oxygens (including phenoxy) is 4. The topological polar surface area (TPSA) is 108 Å². The van der Waals surface area contributed by atoms with Crippen LogP contribution in [0.3, 0.4) is 0 Å². The van der Waals surface area contributed by atoms with Crippen LogP contribution in [-0.2, 0) is 33.3 Å². The van der Waals surface area contributed by atoms with Gasteiger partial charge in [-0.25, -0.2) is 4.79 Å². The zero-order chi connectivity index (χ0) is 67.5. The Hall–Kier alpha value is -4.31. The van der Waals surface area contributed by atoms with Crippen LogP contribution in [0, 0.1) is 0 Å². The molecule has 0 fully saturated rings. The van der Waals surface area contributed by atoms with Crippen LogP contribution in [0.25, 0.3) is 0 Å². The number of esters is 2. The van der Waals surface area contributed by atoms with Gasteiger partial charge in [-0.3, -0.25) is 9.59 Å². The normalized spacial score (nSPS) is 13.3. The van der Waals surface area contributed by atoms with Crippen LogP contribution in [0.4, 0.5) is 0 Å². The van der Waals surface area contributed by atoms with Gasteiger partial charge in [-0.1, -0.05) is 334 Å². The van der Waals surface area contributed by atoms with E-state index in [1.165, 1.54) is 199 Å². The fraction of sp³-hybridized carbons (Fsp3) is 0.726. The zero-order valence-corrected chi connectivity index (χ0v) is 61.1. The van der Waals surface area contributed by atoms with Gasteiger partial charge < -0.3 is 28.5 Å². The number of unbranched alkanes of at least 4 members (excludes halogenated alkanes) is 36. The lowest BCUT2D eigenvalue weighted by atomic mass is 10.0. The van der Waals surface area contributed by atoms with Crippen LogP contribution >= 0.6 is 0 Å². The van der Waals surface area contributed by atoms with Crippen molar-refractivity contribution in [3.8, 4) is 0 Å². The lowest BCUT2D eigenvalue weighted by molar-refractivity contribution is -0.870. The van der Waals surface area contributed by atoms with E-state index in [0.29, 0.717) is 23.9 Å². The number of hydrogen-bond acceptors (Lipinski definition) is 7. The largest absolute Gasteiger partial charge is 0.477 e. The number of carboxylic acids is 1. The van der Waals surface area contributed by atoms with Crippen molar-refractivity contribution in [1.29, 1.82) is 0 Å². The molecule has 0 heterocycles. The highest BCUT2D eigenvalue weighted by molar-refractivity contribution is 5.71. The molecule has 0 aliphatic carbocycles. The second-order valence-electron chi connectivity index (χ2n) is 26.9. The third kappa shape index (κ3) is 74.9. The van der Waals surface area contributed by atoms with E-state index in [9.17, 15) is 19.5 Å². The minimum atomic E-state index is -1.53. The van der Waals surface area contributed by atoms with Crippen LogP contribution in [-0.4, -0.2) is 87.4 Å². The summed E-state index contributed by atoms with van der Waals surface area (Å²) in [4.78, 5) is 37.7. The van der Waals surface area contributed by atoms with Crippen molar-refractivity contribution in [3.05, 3.63) is 122 Å². The molecule has 0 aromatic carbocycles. The highest BCUT2D eigenvalue weighted by Gasteiger charge is 2.25. The molecule has 0 aromatic heterocycles. The van der Waals surface area contributed by atoms with Crippen LogP contribution in [0.15, 0.2) is 122 Å². The molecule has 0 aromatic rings. The van der Waals surface area contributed by atoms with Crippen LogP contribution in [0.2, 0.25) is 0 Å². The van der Waals surface area contributed by atoms with Gasteiger partial charge in [0.15, 0.2) is 6.10 Å². The van der Waals surface area contributed by atoms with Gasteiger partial charge in [0.25, 0.3) is 6.29 Å². The summed E-state index contributed by atoms with van der Waals surface area (Å²) in [6.45, 7) is 4.75. The summed E-state index contributed by atoms with van der Waals surface area (Å²) in [6.07, 6.45) is 102. The number of likely N-dealkylation sites (N-methyl/N-ethyl adjacent to an activating group) is 1. The molecule has 0 saturated heterocycles. The van der Waals surface area contributed by atoms with Gasteiger partial charge in [0.05, 0.1) is 34.4 Å². The van der Waals surface area contributed by atoms with Crippen molar-refractivity contribution < 1.29 is 42.9 Å². The van der Waals surface area contributed by atoms with E-state index in [-0.39, 0.29) is 32.2 Å². The smallest absolute Gasteiger partial charge is 0.361 e. The lowest BCUT2D eigenvalue weighted by Crippen LogP contribution is -2.40. The number of carbonyl (C=O) groups is 3. The first-order valence-electron chi connectivity index (χ1n) is 38.7. The highest BCUT2D eigenvalue weighted by Crippen LogP contribution is 2.18. The van der Waals surface area contributed by atoms with E-state index in [1.807, 2.05) is 21.1 Å². The molecule has 2 unspecified atom stereocenters. The summed E-state index contributed by atoms with van der Waals surface area (Å²) >= 11 is 0. The standard InChI is InChI=1S/C84H145NO8/c1-6-8-10-12-14-16-18-20-22-24-26-28-30-32-34-36-37-38-39-40-41-42-43-44-45-47-48-50-52-54-56-58-60-62-64-66-68-70-72-74-81(86)91-78-80(79-92-84(83(88)89)90-77-76-85(3,4)5)93-82(87)75-73-71-69-67-65-63-61-59-57-55-53-51-49-46-35-33-31-29-27-25-23-21-19-17-15-13-11-9-7-2/h9,11,15,17-18,20-21,23-24,26-27,29,33,35,49,51,55,57,61,63,80,84H,6-8,10,12-14,16,19,22,25,28,30-32,34,36-48,50,52-54,56,58-60,62,64-79H2,1-5H3/p+1/b11-9-,17-15-,20-18-,23-21-,26-24-,29-27-,35-33-,51-49-,57-55-,63-61-. The minimum Gasteiger partial charge on any atom is -0.477 e. The third-order valence-corrected chi connectivity index (χ3v) is 16.7. The van der Waals surface area contributed by atoms with E-state index in [1.54, 1.807) is 0 Å². The third-order valence-electron chi connectivity index (χ3n) is 16.7. The lowest BCUT2D eigenvalue weighted by Gasteiger charge is -2.25. The molecule has 93 heavy (non-hydrogen) atoms. The summed E-state index contributed by atoms with van der Waals surface area (Å²) in [5.41, 5.74) is 0. The Labute approximate surface area is 574 Å². The van der Waals surface area contributed by atoms with Crippen molar-refractivity contribution >= 4 is 17.9 Å². The maximum atomic E-state index is 13.0. The second-order valence-corrected chi connectivity index (χ2v) is 26.9. The van der Waals surface area contributed by atoms with Gasteiger partial charge in [-0.05, 0) is 109 Å². The number of carboxylic acid groups (broad SMARTS) is 1. The quantitative estimate of drug-likeness (QED) is 0.0211. The Kier molecular flexibility index (Phi) is 70.1. The molecule has 0 aliphatic rings. The number of quaternary nitrogens is 1. The van der Waals surface area contributed by atoms with Gasteiger partial charge >= 0.3 is 17.9 Å². The Morgan fingerprint density at radius 3 is 0.914 bits per heavy atom. The van der Waals surface area contributed by atoms with E-state index >= 15 is 0 Å². The van der Waals surface area contributed by atoms with Crippen molar-refractivity contribution in [2.24, 2.45) is 0 Å². The number of aliphatic carboxylic acids is 1. The molecule has 1 N–H and O–H groups in total. The molecule has 0 bridgehead atoms. The number of nitrogens with zero attached hydrogens (tertiary/aromatic N) is 1. The van der Waals surface area contributed by atoms with E-state index < -0.39 is 24.3 Å². The molecule has 2 atom stereocenters. The first-order chi connectivity index (χ1) is 45.6. The van der Waals surface area contributed by atoms with Gasteiger partial charge in [-0.15, -0.1) is 0 Å². The number of carbonyl (C=O) groups excluding carboxylic acids is 2. The Morgan fingerprint density at radius 1 is 0.333 bits per heavy atom. The first-order valence-corrected chi connectivity index (χ1v) is 38.7. The first kappa shape index (κ1) is 88.7. The van der Waals surface area contributed by atoms with Crippen molar-refractivity contribution in [2.45, 2.75) is 347 Å². The maximum Gasteiger partial charge on any atom is 0.361 e. The summed E-state index contributed by atoms with van der Waals surface area (Å²) < 4.78 is 23.0. The van der Waals surface area contributed by atoms with Crippen LogP contribution in [0.5, 0.6) is 0 Å². The SMILES string of the molecule is CC/C=C\C/C=C\C/C=C\C/C=C\C/C=C\C/C=C\C/C=C\C/C=C\CCCCCCC(=O)OC(COC(=O)CCCCCCCCCCCCCCCCCCCCCCCCCCCCC/C=C\C/C=C\CCCCCCC)COC(OCC[N+](C)(C)C)C(=O)O. The predicted molar refractivity (Wildman–Crippen MR) is 401 cm³/mol. The fourth-order valence-corrected chi connectivity index (χ4v) is 10.8. The average molecular weight is 1300 g/mol. The molecule has 0 saturated carbocycles. The van der Waals surface area contributed by atoms with Crippen molar-refractivity contribution in [2.75, 3.05) is 47.5 Å². The molecule has 0 radical (unpaired) electrons. The van der Waals surface area contributed by atoms with Crippen molar-refractivity contribution in [1.82, 2.24) is 0 Å². The zero-order valence-electron chi connectivity index (χ0n) is 61.1. The number of allylic oxidation sites excluding steroid dienone is 20. The Balaban J connectivity index is 4.06. The molecule has 0 spiro atoms. The molecule has 0 amide bonds. The summed E-state index contributed by atoms with van der Waals surface area (Å²) in [7, 11) is 5.97. The van der Waals surface area contributed by atoms with Gasteiger partial charge in [0.1, 0.15) is 13.2 Å². The average Bonchev–Trinajstić information content (AvgIpc) is 3.74. The fourth-order valence-electron chi connectivity index (χ4n) is 10.8. The van der Waals surface area contributed by atoms with E-state index in [2.05, 4.69) is 135 Å². The summed E-state index contributed by atoms with van der Waals surface area (Å²) in [5.74, 6) is -2.04. The minimum absolute atomic E-state index is 0.178. The molecule has 9 heteroatoms. The molecule has 0 aliphatic heterocycles. The highest BCUT2D eigenvalue weighted by atomic mass is 16.7. The molecular formula is C84H146NO8+. The van der Waals surface area contributed by atoms with Crippen molar-refractivity contribution in [3.63, 3.8) is 0 Å². The number of rotatable bonds is 71. The molecule has 0 rings (SSSR count). The summed E-state index contributed by atoms with van der Waals surface area (Å²) in [6, 6.07) is 0. The molecule has 9 nitrogen and oxygen atoms in total. The van der Waals surface area contributed by atoms with Gasteiger partial charge in [0.2, 0.25) is 0 Å². The Morgan fingerprint density at radius 2 is 0.613 bits per heavy atom. The van der Waals surface area contributed by atoms with Gasteiger partial charge in [0, 0.05) is 12.8 Å². The predicted octanol–water partition coefficient (Wildman–Crippen LogP) is 24.7. The van der Waals surface area contributed by atoms with E-state index in [4.69, 9.17) is 18.9 Å². The molecule has 534 valence electrons. The number of hydrogen-bond donors (Lipinski definition) is 1. The Bertz CT molecular complexity index is 1950. The maximum absolute atomic E-state index is 13.0. The monoisotopic (exact) mass is 1300 g/mol. The molecular weight excluding hydrogens is 1150 g/mol. The van der Waals surface area contributed by atoms with Crippen LogP contribution in [0.1, 0.15) is 335 Å². The second kappa shape index (κ2) is 73.5. The van der Waals surface area contributed by atoms with Gasteiger partial charge in [-0.2, -0.15) is 0 Å². The summed E-state index contributed by atoms with van der Waals surface area (Å²) in [5, 5.41) is 9.76. The van der Waals surface area contributed by atoms with Crippen LogP contribution < -0.4 is 0 Å². The van der Waals surface area contributed by atoms with E-state index in [0.717, 1.165) is 103 Å².